The molecule has 3 rings (SSSR count). The Kier molecular flexibility index (Phi) is 3.92. The molecule has 4 heteroatoms. The topological polar surface area (TPSA) is 63.1 Å². The summed E-state index contributed by atoms with van der Waals surface area (Å²) in [5.74, 6) is -0.0350. The van der Waals surface area contributed by atoms with Gasteiger partial charge >= 0.3 is 0 Å². The van der Waals surface area contributed by atoms with Crippen LogP contribution in [0.5, 0.6) is 5.75 Å². The van der Waals surface area contributed by atoms with Crippen molar-refractivity contribution in [3.63, 3.8) is 0 Å². The lowest BCUT2D eigenvalue weighted by Gasteiger charge is -2.10. The minimum atomic E-state index is -0.0350. The van der Waals surface area contributed by atoms with Gasteiger partial charge in [0.2, 0.25) is 0 Å². The van der Waals surface area contributed by atoms with Gasteiger partial charge in [-0.25, -0.2) is 0 Å². The van der Waals surface area contributed by atoms with Gasteiger partial charge in [-0.2, -0.15) is 0 Å². The lowest BCUT2D eigenvalue weighted by atomic mass is 9.98. The van der Waals surface area contributed by atoms with Crippen LogP contribution in [0.15, 0.2) is 61.1 Å². The van der Waals surface area contributed by atoms with Crippen molar-refractivity contribution in [2.75, 3.05) is 0 Å². The van der Waals surface area contributed by atoms with Crippen molar-refractivity contribution in [2.24, 2.45) is 0 Å². The summed E-state index contributed by atoms with van der Waals surface area (Å²) in [5.41, 5.74) is 3.50. The fourth-order valence-corrected chi connectivity index (χ4v) is 2.36. The summed E-state index contributed by atoms with van der Waals surface area (Å²) in [6, 6.07) is 12.9. The number of carbonyl (C=O) groups is 1. The van der Waals surface area contributed by atoms with E-state index in [9.17, 15) is 9.90 Å². The summed E-state index contributed by atoms with van der Waals surface area (Å²) in [4.78, 5) is 19.5. The van der Waals surface area contributed by atoms with Crippen LogP contribution in [0.25, 0.3) is 11.3 Å². The quantitative estimate of drug-likeness (QED) is 0.749. The molecule has 0 saturated heterocycles. The number of rotatable bonds is 4. The molecule has 0 atom stereocenters. The first-order valence-electron chi connectivity index (χ1n) is 6.89. The molecule has 2 heterocycles. The van der Waals surface area contributed by atoms with E-state index in [4.69, 9.17) is 0 Å². The van der Waals surface area contributed by atoms with Crippen molar-refractivity contribution in [3.05, 3.63) is 77.7 Å². The van der Waals surface area contributed by atoms with Crippen LogP contribution in [0.4, 0.5) is 0 Å². The molecule has 0 spiro atoms. The van der Waals surface area contributed by atoms with Crippen LogP contribution in [0.1, 0.15) is 21.5 Å². The van der Waals surface area contributed by atoms with Gasteiger partial charge < -0.3 is 5.11 Å². The molecule has 0 aliphatic carbocycles. The number of nitrogens with zero attached hydrogens (tertiary/aromatic N) is 2. The van der Waals surface area contributed by atoms with Crippen LogP contribution in [-0.2, 0) is 6.42 Å². The van der Waals surface area contributed by atoms with Gasteiger partial charge in [0.15, 0.2) is 6.29 Å². The Labute approximate surface area is 128 Å². The van der Waals surface area contributed by atoms with Crippen LogP contribution in [-0.4, -0.2) is 21.4 Å². The number of aromatic nitrogens is 2. The standard InChI is InChI=1S/C18H14N2O2/c21-12-15-10-14(9-13-4-7-19-8-5-13)11-16(18(15)22)17-3-1-2-6-20-17/h1-8,10-12,22H,9H2. The monoisotopic (exact) mass is 290 g/mol. The van der Waals surface area contributed by atoms with Crippen molar-refractivity contribution in [3.8, 4) is 17.0 Å². The Morgan fingerprint density at radius 3 is 2.50 bits per heavy atom. The molecule has 0 radical (unpaired) electrons. The predicted molar refractivity (Wildman–Crippen MR) is 83.8 cm³/mol. The van der Waals surface area contributed by atoms with Crippen LogP contribution in [0.3, 0.4) is 0 Å². The molecule has 0 fully saturated rings. The average molecular weight is 290 g/mol. The van der Waals surface area contributed by atoms with E-state index >= 15 is 0 Å². The molecule has 0 aliphatic heterocycles. The predicted octanol–water partition coefficient (Wildman–Crippen LogP) is 3.25. The number of phenolic OH excluding ortho intramolecular Hbond substituents is 1. The van der Waals surface area contributed by atoms with Gasteiger partial charge in [0.05, 0.1) is 11.3 Å². The van der Waals surface area contributed by atoms with Gasteiger partial charge in [-0.05, 0) is 53.9 Å². The Morgan fingerprint density at radius 1 is 1.00 bits per heavy atom. The highest BCUT2D eigenvalue weighted by Crippen LogP contribution is 2.32. The third-order valence-electron chi connectivity index (χ3n) is 3.42. The smallest absolute Gasteiger partial charge is 0.153 e. The zero-order valence-corrected chi connectivity index (χ0v) is 11.8. The van der Waals surface area contributed by atoms with Crippen LogP contribution in [0, 0.1) is 0 Å². The largest absolute Gasteiger partial charge is 0.506 e. The maximum absolute atomic E-state index is 11.2. The summed E-state index contributed by atoms with van der Waals surface area (Å²) in [7, 11) is 0. The molecule has 1 aromatic carbocycles. The van der Waals surface area contributed by atoms with E-state index in [1.54, 1.807) is 30.7 Å². The summed E-state index contributed by atoms with van der Waals surface area (Å²) >= 11 is 0. The van der Waals surface area contributed by atoms with Crippen LogP contribution in [0.2, 0.25) is 0 Å². The molecule has 0 aliphatic rings. The first-order chi connectivity index (χ1) is 10.8. The van der Waals surface area contributed by atoms with Crippen LogP contribution >= 0.6 is 0 Å². The summed E-state index contributed by atoms with van der Waals surface area (Å²) in [6.45, 7) is 0. The third kappa shape index (κ3) is 2.86. The van der Waals surface area contributed by atoms with E-state index in [0.29, 0.717) is 24.0 Å². The Balaban J connectivity index is 2.07. The molecule has 1 N–H and O–H groups in total. The molecule has 4 nitrogen and oxygen atoms in total. The molecule has 0 amide bonds. The van der Waals surface area contributed by atoms with Gasteiger partial charge in [-0.3, -0.25) is 14.8 Å². The summed E-state index contributed by atoms with van der Waals surface area (Å²) in [6.07, 6.45) is 6.44. The number of carbonyl (C=O) groups excluding carboxylic acids is 1. The SMILES string of the molecule is O=Cc1cc(Cc2ccncc2)cc(-c2ccccn2)c1O. The zero-order valence-electron chi connectivity index (χ0n) is 11.8. The lowest BCUT2D eigenvalue weighted by Crippen LogP contribution is -1.95. The van der Waals surface area contributed by atoms with Gasteiger partial charge in [-0.15, -0.1) is 0 Å². The van der Waals surface area contributed by atoms with E-state index in [0.717, 1.165) is 11.1 Å². The van der Waals surface area contributed by atoms with Gasteiger partial charge in [0.1, 0.15) is 5.75 Å². The maximum atomic E-state index is 11.2. The van der Waals surface area contributed by atoms with E-state index in [-0.39, 0.29) is 11.3 Å². The van der Waals surface area contributed by atoms with Crippen molar-refractivity contribution in [1.29, 1.82) is 0 Å². The minimum absolute atomic E-state index is 0.0350. The molecular formula is C18H14N2O2. The second-order valence-electron chi connectivity index (χ2n) is 4.95. The van der Waals surface area contributed by atoms with Crippen molar-refractivity contribution < 1.29 is 9.90 Å². The number of aldehydes is 1. The van der Waals surface area contributed by atoms with E-state index < -0.39 is 0 Å². The molecule has 0 bridgehead atoms. The average Bonchev–Trinajstić information content (AvgIpc) is 2.58. The number of phenols is 1. The maximum Gasteiger partial charge on any atom is 0.153 e. The minimum Gasteiger partial charge on any atom is -0.506 e. The highest BCUT2D eigenvalue weighted by molar-refractivity contribution is 5.85. The molecule has 2 aromatic heterocycles. The number of aromatic hydroxyl groups is 1. The molecule has 108 valence electrons. The second-order valence-corrected chi connectivity index (χ2v) is 4.95. The molecule has 3 aromatic rings. The van der Waals surface area contributed by atoms with Gasteiger partial charge in [-0.1, -0.05) is 6.07 Å². The van der Waals surface area contributed by atoms with Crippen LogP contribution < -0.4 is 0 Å². The van der Waals surface area contributed by atoms with E-state index in [2.05, 4.69) is 9.97 Å². The summed E-state index contributed by atoms with van der Waals surface area (Å²) in [5, 5.41) is 10.3. The first-order valence-corrected chi connectivity index (χ1v) is 6.89. The van der Waals surface area contributed by atoms with Gasteiger partial charge in [0.25, 0.3) is 0 Å². The molecule has 0 unspecified atom stereocenters. The number of hydrogen-bond acceptors (Lipinski definition) is 4. The lowest BCUT2D eigenvalue weighted by molar-refractivity contribution is 0.112. The second kappa shape index (κ2) is 6.18. The zero-order chi connectivity index (χ0) is 15.4. The Hall–Kier alpha value is -3.01. The van der Waals surface area contributed by atoms with Gasteiger partial charge in [0, 0.05) is 24.2 Å². The number of hydrogen-bond donors (Lipinski definition) is 1. The first kappa shape index (κ1) is 13.9. The normalized spacial score (nSPS) is 10.4. The summed E-state index contributed by atoms with van der Waals surface area (Å²) < 4.78 is 0. The molecule has 0 saturated carbocycles. The Morgan fingerprint density at radius 2 is 1.82 bits per heavy atom. The van der Waals surface area contributed by atoms with E-state index in [1.165, 1.54) is 0 Å². The molecule has 22 heavy (non-hydrogen) atoms. The number of pyridine rings is 2. The van der Waals surface area contributed by atoms with Crippen molar-refractivity contribution >= 4 is 6.29 Å². The highest BCUT2D eigenvalue weighted by atomic mass is 16.3. The highest BCUT2D eigenvalue weighted by Gasteiger charge is 2.12. The van der Waals surface area contributed by atoms with E-state index in [1.807, 2.05) is 30.3 Å². The van der Waals surface area contributed by atoms with Crippen molar-refractivity contribution in [1.82, 2.24) is 9.97 Å². The Bertz CT molecular complexity index is 787. The fourth-order valence-electron chi connectivity index (χ4n) is 2.36. The fraction of sp³-hybridized carbons (Fsp3) is 0.0556. The molecular weight excluding hydrogens is 276 g/mol. The number of benzene rings is 1. The third-order valence-corrected chi connectivity index (χ3v) is 3.42. The van der Waals surface area contributed by atoms with Crippen molar-refractivity contribution in [2.45, 2.75) is 6.42 Å².